The lowest BCUT2D eigenvalue weighted by Gasteiger charge is -1.95. The van der Waals surface area contributed by atoms with Gasteiger partial charge in [-0.3, -0.25) is 0 Å². The fourth-order valence-electron chi connectivity index (χ4n) is 0.680. The zero-order chi connectivity index (χ0) is 9.14. The SMILES string of the molecule is C=C(Br)CSc1sc(N)nc1C. The van der Waals surface area contributed by atoms with E-state index in [0.29, 0.717) is 5.13 Å². The van der Waals surface area contributed by atoms with Gasteiger partial charge in [-0.1, -0.05) is 33.8 Å². The highest BCUT2D eigenvalue weighted by atomic mass is 79.9. The number of halogens is 1. The molecule has 5 heteroatoms. The Morgan fingerprint density at radius 3 is 2.92 bits per heavy atom. The van der Waals surface area contributed by atoms with Crippen molar-refractivity contribution in [2.24, 2.45) is 0 Å². The van der Waals surface area contributed by atoms with Crippen LogP contribution in [0.5, 0.6) is 0 Å². The average Bonchev–Trinajstić information content (AvgIpc) is 2.26. The molecule has 0 saturated heterocycles. The van der Waals surface area contributed by atoms with Crippen LogP contribution in [0.1, 0.15) is 5.69 Å². The second kappa shape index (κ2) is 4.30. The van der Waals surface area contributed by atoms with Crippen LogP contribution in [-0.2, 0) is 0 Å². The van der Waals surface area contributed by atoms with Crippen molar-refractivity contribution in [1.82, 2.24) is 4.98 Å². The van der Waals surface area contributed by atoms with E-state index in [1.165, 1.54) is 15.5 Å². The zero-order valence-electron chi connectivity index (χ0n) is 6.63. The lowest BCUT2D eigenvalue weighted by Crippen LogP contribution is -1.80. The molecule has 2 N–H and O–H groups in total. The van der Waals surface area contributed by atoms with Gasteiger partial charge in [-0.2, -0.15) is 0 Å². The quantitative estimate of drug-likeness (QED) is 0.854. The van der Waals surface area contributed by atoms with Gasteiger partial charge in [-0.25, -0.2) is 4.98 Å². The van der Waals surface area contributed by atoms with E-state index in [9.17, 15) is 0 Å². The molecular weight excluding hydrogens is 256 g/mol. The molecule has 1 aromatic rings. The second-order valence-corrected chi connectivity index (χ2v) is 5.63. The topological polar surface area (TPSA) is 38.9 Å². The molecule has 0 atom stereocenters. The van der Waals surface area contributed by atoms with Gasteiger partial charge in [0.15, 0.2) is 5.13 Å². The van der Waals surface area contributed by atoms with Gasteiger partial charge >= 0.3 is 0 Å². The summed E-state index contributed by atoms with van der Waals surface area (Å²) in [5.74, 6) is 0.864. The Labute approximate surface area is 88.4 Å². The van der Waals surface area contributed by atoms with Crippen molar-refractivity contribution in [3.05, 3.63) is 16.8 Å². The second-order valence-electron chi connectivity index (χ2n) is 2.23. The van der Waals surface area contributed by atoms with E-state index in [4.69, 9.17) is 5.73 Å². The molecule has 0 spiro atoms. The van der Waals surface area contributed by atoms with Gasteiger partial charge in [-0.05, 0) is 11.4 Å². The van der Waals surface area contributed by atoms with Gasteiger partial charge in [0.05, 0.1) is 9.90 Å². The number of anilines is 1. The summed E-state index contributed by atoms with van der Waals surface area (Å²) < 4.78 is 2.16. The van der Waals surface area contributed by atoms with Gasteiger partial charge in [-0.15, -0.1) is 11.8 Å². The third-order valence-corrected chi connectivity index (χ3v) is 4.22. The normalized spacial score (nSPS) is 10.2. The molecule has 12 heavy (non-hydrogen) atoms. The predicted octanol–water partition coefficient (Wildman–Crippen LogP) is 3.03. The van der Waals surface area contributed by atoms with E-state index < -0.39 is 0 Å². The van der Waals surface area contributed by atoms with Crippen LogP contribution in [0.15, 0.2) is 15.3 Å². The maximum atomic E-state index is 5.55. The third kappa shape index (κ3) is 2.80. The van der Waals surface area contributed by atoms with E-state index in [-0.39, 0.29) is 0 Å². The molecule has 0 saturated carbocycles. The Hall–Kier alpha value is -0.000000000000000111. The van der Waals surface area contributed by atoms with E-state index in [0.717, 1.165) is 15.9 Å². The minimum Gasteiger partial charge on any atom is -0.375 e. The van der Waals surface area contributed by atoms with Gasteiger partial charge in [0, 0.05) is 5.75 Å². The summed E-state index contributed by atoms with van der Waals surface area (Å²) in [6.45, 7) is 5.72. The van der Waals surface area contributed by atoms with Gasteiger partial charge in [0.2, 0.25) is 0 Å². The highest BCUT2D eigenvalue weighted by molar-refractivity contribution is 9.11. The monoisotopic (exact) mass is 264 g/mol. The highest BCUT2D eigenvalue weighted by Crippen LogP contribution is 2.31. The summed E-state index contributed by atoms with van der Waals surface area (Å²) in [5, 5.41) is 0.634. The summed E-state index contributed by atoms with van der Waals surface area (Å²) >= 11 is 6.53. The van der Waals surface area contributed by atoms with Crippen LogP contribution in [0.2, 0.25) is 0 Å². The van der Waals surface area contributed by atoms with E-state index >= 15 is 0 Å². The Morgan fingerprint density at radius 1 is 1.83 bits per heavy atom. The third-order valence-electron chi connectivity index (χ3n) is 1.13. The van der Waals surface area contributed by atoms with Crippen molar-refractivity contribution in [1.29, 1.82) is 0 Å². The maximum absolute atomic E-state index is 5.55. The van der Waals surface area contributed by atoms with Crippen LogP contribution in [0, 0.1) is 6.92 Å². The lowest BCUT2D eigenvalue weighted by molar-refractivity contribution is 1.21. The first-order valence-electron chi connectivity index (χ1n) is 3.28. The van der Waals surface area contributed by atoms with E-state index in [1.807, 2.05) is 6.92 Å². The first-order chi connectivity index (χ1) is 5.59. The molecule has 0 unspecified atom stereocenters. The molecule has 1 rings (SSSR count). The Morgan fingerprint density at radius 2 is 2.50 bits per heavy atom. The van der Waals surface area contributed by atoms with Crippen molar-refractivity contribution in [2.75, 3.05) is 11.5 Å². The first kappa shape index (κ1) is 10.1. The molecule has 0 radical (unpaired) electrons. The van der Waals surface area contributed by atoms with Gasteiger partial charge in [0.25, 0.3) is 0 Å². The number of hydrogen-bond donors (Lipinski definition) is 1. The molecule has 1 aromatic heterocycles. The Balaban J connectivity index is 2.62. The summed E-state index contributed by atoms with van der Waals surface area (Å²) in [4.78, 5) is 4.12. The van der Waals surface area contributed by atoms with Crippen molar-refractivity contribution >= 4 is 44.2 Å². The van der Waals surface area contributed by atoms with Crippen LogP contribution in [0.4, 0.5) is 5.13 Å². The number of nitrogens with zero attached hydrogens (tertiary/aromatic N) is 1. The minimum atomic E-state index is 0.634. The standard InChI is InChI=1S/C7H9BrN2S2/c1-4(8)3-11-6-5(2)10-7(9)12-6/h1,3H2,2H3,(H2,9,10). The molecular formula is C7H9BrN2S2. The molecule has 2 nitrogen and oxygen atoms in total. The number of aryl methyl sites for hydroxylation is 1. The van der Waals surface area contributed by atoms with Crippen LogP contribution in [0.25, 0.3) is 0 Å². The van der Waals surface area contributed by atoms with Crippen LogP contribution < -0.4 is 5.73 Å². The fourth-order valence-corrected chi connectivity index (χ4v) is 2.80. The molecule has 0 aliphatic heterocycles. The molecule has 66 valence electrons. The number of aromatic nitrogens is 1. The number of rotatable bonds is 3. The number of hydrogen-bond acceptors (Lipinski definition) is 4. The summed E-state index contributed by atoms with van der Waals surface area (Å²) in [5.41, 5.74) is 6.56. The van der Waals surface area contributed by atoms with Crippen molar-refractivity contribution < 1.29 is 0 Å². The van der Waals surface area contributed by atoms with Gasteiger partial charge < -0.3 is 5.73 Å². The smallest absolute Gasteiger partial charge is 0.181 e. The van der Waals surface area contributed by atoms with E-state index in [1.54, 1.807) is 11.8 Å². The minimum absolute atomic E-state index is 0.634. The number of thioether (sulfide) groups is 1. The Bertz CT molecular complexity index is 296. The predicted molar refractivity (Wildman–Crippen MR) is 60.1 cm³/mol. The maximum Gasteiger partial charge on any atom is 0.181 e. The molecule has 0 bridgehead atoms. The molecule has 0 aliphatic rings. The van der Waals surface area contributed by atoms with Crippen LogP contribution in [-0.4, -0.2) is 10.7 Å². The largest absolute Gasteiger partial charge is 0.375 e. The summed E-state index contributed by atoms with van der Waals surface area (Å²) in [7, 11) is 0. The van der Waals surface area contributed by atoms with Gasteiger partial charge in [0.1, 0.15) is 0 Å². The van der Waals surface area contributed by atoms with Crippen LogP contribution in [0.3, 0.4) is 0 Å². The fraction of sp³-hybridized carbons (Fsp3) is 0.286. The molecule has 1 heterocycles. The molecule has 0 fully saturated rings. The zero-order valence-corrected chi connectivity index (χ0v) is 9.85. The number of nitrogens with two attached hydrogens (primary N) is 1. The molecule has 0 aromatic carbocycles. The average molecular weight is 265 g/mol. The highest BCUT2D eigenvalue weighted by Gasteiger charge is 2.05. The summed E-state index contributed by atoms with van der Waals surface area (Å²) in [6, 6.07) is 0. The van der Waals surface area contributed by atoms with Crippen molar-refractivity contribution in [3.8, 4) is 0 Å². The van der Waals surface area contributed by atoms with Crippen molar-refractivity contribution in [3.63, 3.8) is 0 Å². The lowest BCUT2D eigenvalue weighted by atomic mass is 10.6. The van der Waals surface area contributed by atoms with Crippen molar-refractivity contribution in [2.45, 2.75) is 11.1 Å². The van der Waals surface area contributed by atoms with E-state index in [2.05, 4.69) is 27.5 Å². The Kier molecular flexibility index (Phi) is 3.61. The summed E-state index contributed by atoms with van der Waals surface area (Å²) in [6.07, 6.45) is 0. The number of thiazole rings is 1. The molecule has 0 amide bonds. The molecule has 0 aliphatic carbocycles. The first-order valence-corrected chi connectivity index (χ1v) is 5.88. The van der Waals surface area contributed by atoms with Crippen LogP contribution >= 0.6 is 39.0 Å². The number of nitrogen functional groups attached to an aromatic ring is 1.